The molecule has 30 heavy (non-hydrogen) atoms. The number of nitrogens with zero attached hydrogens (tertiary/aromatic N) is 5. The summed E-state index contributed by atoms with van der Waals surface area (Å²) in [6, 6.07) is 16.2. The summed E-state index contributed by atoms with van der Waals surface area (Å²) < 4.78 is 2.77. The molecule has 0 unspecified atom stereocenters. The minimum atomic E-state index is -0.342. The number of rotatable bonds is 6. The summed E-state index contributed by atoms with van der Waals surface area (Å²) in [5.41, 5.74) is 2.05. The lowest BCUT2D eigenvalue weighted by Crippen LogP contribution is -2.18. The predicted octanol–water partition coefficient (Wildman–Crippen LogP) is 2.43. The van der Waals surface area contributed by atoms with Crippen molar-refractivity contribution in [2.24, 2.45) is 10.2 Å². The van der Waals surface area contributed by atoms with Gasteiger partial charge in [0.1, 0.15) is 0 Å². The van der Waals surface area contributed by atoms with Crippen LogP contribution in [-0.4, -0.2) is 36.3 Å². The van der Waals surface area contributed by atoms with Crippen LogP contribution in [0.3, 0.4) is 0 Å². The van der Waals surface area contributed by atoms with Gasteiger partial charge >= 0.3 is 5.69 Å². The third kappa shape index (κ3) is 3.63. The molecule has 0 aliphatic rings. The second kappa shape index (κ2) is 8.13. The number of benzene rings is 2. The lowest BCUT2D eigenvalue weighted by molar-refractivity contribution is 0.267. The first-order valence-corrected chi connectivity index (χ1v) is 9.24. The van der Waals surface area contributed by atoms with Crippen molar-refractivity contribution >= 4 is 11.4 Å². The number of aryl methyl sites for hydroxylation is 1. The van der Waals surface area contributed by atoms with Gasteiger partial charge in [0.2, 0.25) is 0 Å². The van der Waals surface area contributed by atoms with E-state index in [1.54, 1.807) is 31.2 Å². The van der Waals surface area contributed by atoms with Crippen molar-refractivity contribution in [1.29, 1.82) is 0 Å². The van der Waals surface area contributed by atoms with E-state index in [9.17, 15) is 9.59 Å². The van der Waals surface area contributed by atoms with Crippen molar-refractivity contribution in [3.63, 3.8) is 0 Å². The number of para-hydroxylation sites is 1. The van der Waals surface area contributed by atoms with Gasteiger partial charge in [-0.3, -0.25) is 9.89 Å². The predicted molar refractivity (Wildman–Crippen MR) is 111 cm³/mol. The van der Waals surface area contributed by atoms with Crippen molar-refractivity contribution < 1.29 is 5.11 Å². The molecule has 2 aromatic heterocycles. The number of azo groups is 1. The molecule has 0 saturated heterocycles. The van der Waals surface area contributed by atoms with Crippen LogP contribution < -0.4 is 11.2 Å². The van der Waals surface area contributed by atoms with Crippen molar-refractivity contribution in [2.45, 2.75) is 13.5 Å². The Bertz CT molecular complexity index is 1290. The smallest absolute Gasteiger partial charge is 0.348 e. The highest BCUT2D eigenvalue weighted by molar-refractivity contribution is 5.60. The SMILES string of the molecule is Cc1[nH]n(CCO)c(=O)c1N=Nc1ccc(-c2n[nH]c(=O)n2-c2ccccc2)cc1. The Balaban J connectivity index is 1.62. The summed E-state index contributed by atoms with van der Waals surface area (Å²) in [7, 11) is 0. The summed E-state index contributed by atoms with van der Waals surface area (Å²) in [5, 5.41) is 26.6. The van der Waals surface area contributed by atoms with Gasteiger partial charge in [0.25, 0.3) is 5.56 Å². The van der Waals surface area contributed by atoms with E-state index in [1.807, 2.05) is 30.3 Å². The maximum Gasteiger partial charge on any atom is 0.348 e. The van der Waals surface area contributed by atoms with Gasteiger partial charge in [-0.25, -0.2) is 19.1 Å². The van der Waals surface area contributed by atoms with Crippen LogP contribution in [0.1, 0.15) is 5.69 Å². The van der Waals surface area contributed by atoms with E-state index in [4.69, 9.17) is 5.11 Å². The Morgan fingerprint density at radius 2 is 1.77 bits per heavy atom. The van der Waals surface area contributed by atoms with E-state index in [1.165, 1.54) is 9.25 Å². The number of hydrogen-bond donors (Lipinski definition) is 3. The summed E-state index contributed by atoms with van der Waals surface area (Å²) in [5.74, 6) is 0.475. The Hall–Kier alpha value is -4.05. The van der Waals surface area contributed by atoms with Gasteiger partial charge in [0.05, 0.1) is 30.2 Å². The molecule has 0 spiro atoms. The van der Waals surface area contributed by atoms with Gasteiger partial charge in [-0.2, -0.15) is 10.2 Å². The fourth-order valence-electron chi connectivity index (χ4n) is 3.06. The van der Waals surface area contributed by atoms with Gasteiger partial charge in [-0.15, -0.1) is 5.11 Å². The summed E-state index contributed by atoms with van der Waals surface area (Å²) in [6.07, 6.45) is 0. The molecular formula is C20H19N7O3. The first-order valence-electron chi connectivity index (χ1n) is 9.24. The van der Waals surface area contributed by atoms with Gasteiger partial charge in [-0.05, 0) is 43.3 Å². The monoisotopic (exact) mass is 405 g/mol. The fraction of sp³-hybridized carbons (Fsp3) is 0.150. The fourth-order valence-corrected chi connectivity index (χ4v) is 3.06. The highest BCUT2D eigenvalue weighted by atomic mass is 16.3. The maximum atomic E-state index is 12.2. The second-order valence-corrected chi connectivity index (χ2v) is 6.54. The van der Waals surface area contributed by atoms with Gasteiger partial charge in [0, 0.05) is 5.56 Å². The molecule has 0 saturated carbocycles. The summed E-state index contributed by atoms with van der Waals surface area (Å²) in [4.78, 5) is 24.5. The summed E-state index contributed by atoms with van der Waals surface area (Å²) in [6.45, 7) is 1.73. The van der Waals surface area contributed by atoms with Gasteiger partial charge < -0.3 is 5.11 Å². The molecule has 4 aromatic rings. The van der Waals surface area contributed by atoms with Crippen molar-refractivity contribution in [3.8, 4) is 17.1 Å². The van der Waals surface area contributed by atoms with Crippen LogP contribution in [0.4, 0.5) is 11.4 Å². The molecule has 0 amide bonds. The van der Waals surface area contributed by atoms with E-state index in [0.717, 1.165) is 5.56 Å². The van der Waals surface area contributed by atoms with Crippen LogP contribution >= 0.6 is 0 Å². The van der Waals surface area contributed by atoms with Crippen LogP contribution in [0.5, 0.6) is 0 Å². The highest BCUT2D eigenvalue weighted by Gasteiger charge is 2.13. The minimum Gasteiger partial charge on any atom is -0.394 e. The minimum absolute atomic E-state index is 0.154. The van der Waals surface area contributed by atoms with E-state index >= 15 is 0 Å². The van der Waals surface area contributed by atoms with Crippen LogP contribution in [-0.2, 0) is 6.54 Å². The molecule has 4 rings (SSSR count). The Kier molecular flexibility index (Phi) is 5.22. The second-order valence-electron chi connectivity index (χ2n) is 6.54. The molecule has 0 fully saturated rings. The Morgan fingerprint density at radius 1 is 1.03 bits per heavy atom. The average Bonchev–Trinajstić information content (AvgIpc) is 3.27. The highest BCUT2D eigenvalue weighted by Crippen LogP contribution is 2.23. The Labute approximate surface area is 170 Å². The molecule has 152 valence electrons. The molecule has 0 atom stereocenters. The molecule has 10 nitrogen and oxygen atoms in total. The van der Waals surface area contributed by atoms with Crippen LogP contribution in [0.15, 0.2) is 74.4 Å². The number of aromatic nitrogens is 5. The van der Waals surface area contributed by atoms with Crippen LogP contribution in [0.25, 0.3) is 17.1 Å². The number of nitrogens with one attached hydrogen (secondary N) is 2. The number of aliphatic hydroxyl groups is 1. The molecule has 2 heterocycles. The molecule has 0 aliphatic heterocycles. The zero-order valence-electron chi connectivity index (χ0n) is 16.1. The van der Waals surface area contributed by atoms with Crippen molar-refractivity contribution in [2.75, 3.05) is 6.61 Å². The third-order valence-corrected chi connectivity index (χ3v) is 4.51. The molecule has 3 N–H and O–H groups in total. The van der Waals surface area contributed by atoms with Crippen molar-refractivity contribution in [1.82, 2.24) is 24.5 Å². The zero-order valence-corrected chi connectivity index (χ0v) is 16.1. The standard InChI is InChI=1S/C20H19N7O3/c1-13-17(19(29)26(25-13)11-12-28)22-21-15-9-7-14(8-10-15)18-23-24-20(30)27(18)16-5-3-2-4-6-16/h2-10,25,28H,11-12H2,1H3,(H,24,30). The van der Waals surface area contributed by atoms with E-state index < -0.39 is 0 Å². The van der Waals surface area contributed by atoms with E-state index in [-0.39, 0.29) is 30.1 Å². The quantitative estimate of drug-likeness (QED) is 0.425. The zero-order chi connectivity index (χ0) is 21.1. The molecule has 2 aromatic carbocycles. The molecule has 0 aliphatic carbocycles. The maximum absolute atomic E-state index is 12.2. The number of H-pyrrole nitrogens is 2. The topological polar surface area (TPSA) is 133 Å². The molecule has 10 heteroatoms. The molecular weight excluding hydrogens is 386 g/mol. The van der Waals surface area contributed by atoms with Gasteiger partial charge in [-0.1, -0.05) is 18.2 Å². The number of aliphatic hydroxyl groups excluding tert-OH is 1. The lowest BCUT2D eigenvalue weighted by atomic mass is 10.2. The normalized spacial score (nSPS) is 11.4. The molecule has 0 radical (unpaired) electrons. The largest absolute Gasteiger partial charge is 0.394 e. The average molecular weight is 405 g/mol. The van der Waals surface area contributed by atoms with Crippen LogP contribution in [0.2, 0.25) is 0 Å². The van der Waals surface area contributed by atoms with E-state index in [2.05, 4.69) is 25.5 Å². The molecule has 0 bridgehead atoms. The first kappa shape index (κ1) is 19.3. The number of hydrogen-bond acceptors (Lipinski definition) is 6. The van der Waals surface area contributed by atoms with Crippen LogP contribution in [0, 0.1) is 6.92 Å². The first-order chi connectivity index (χ1) is 14.6. The Morgan fingerprint density at radius 3 is 2.47 bits per heavy atom. The third-order valence-electron chi connectivity index (χ3n) is 4.51. The lowest BCUT2D eigenvalue weighted by Gasteiger charge is -2.05. The van der Waals surface area contributed by atoms with E-state index in [0.29, 0.717) is 22.9 Å². The number of aromatic amines is 2. The van der Waals surface area contributed by atoms with Gasteiger partial charge in [0.15, 0.2) is 11.5 Å². The van der Waals surface area contributed by atoms with Crippen molar-refractivity contribution in [3.05, 3.63) is 81.1 Å². The summed E-state index contributed by atoms with van der Waals surface area (Å²) >= 11 is 0.